The van der Waals surface area contributed by atoms with Crippen LogP contribution >= 0.6 is 12.6 Å². The average Bonchev–Trinajstić information content (AvgIpc) is 2.48. The highest BCUT2D eigenvalue weighted by molar-refractivity contribution is 7.80. The highest BCUT2D eigenvalue weighted by atomic mass is 32.1. The second-order valence-corrected chi connectivity index (χ2v) is 4.49. The Balaban J connectivity index is 2.09. The molecule has 2 atom stereocenters. The summed E-state index contributed by atoms with van der Waals surface area (Å²) in [5.74, 6) is 0. The van der Waals surface area contributed by atoms with Gasteiger partial charge in [0.15, 0.2) is 0 Å². The Morgan fingerprint density at radius 2 is 2.46 bits per heavy atom. The molecule has 1 heterocycles. The smallest absolute Gasteiger partial charge is 0.0367 e. The summed E-state index contributed by atoms with van der Waals surface area (Å²) >= 11 is 4.51. The number of nitrogens with one attached hydrogen (secondary N) is 1. The molecule has 0 bridgehead atoms. The lowest BCUT2D eigenvalue weighted by Gasteiger charge is -2.20. The second-order valence-electron chi connectivity index (χ2n) is 3.76. The first kappa shape index (κ1) is 11.3. The van der Waals surface area contributed by atoms with E-state index in [1.807, 2.05) is 0 Å². The summed E-state index contributed by atoms with van der Waals surface area (Å²) in [5, 5.41) is 15.6. The van der Waals surface area contributed by atoms with Crippen LogP contribution in [0.15, 0.2) is 0 Å². The third-order valence-electron chi connectivity index (χ3n) is 2.43. The van der Waals surface area contributed by atoms with Gasteiger partial charge in [-0.05, 0) is 12.8 Å². The molecule has 1 aliphatic rings. The van der Waals surface area contributed by atoms with Crippen LogP contribution in [0.5, 0.6) is 0 Å². The molecular formula is C9H19N2OS-. The fraction of sp³-hybridized carbons (Fsp3) is 1.00. The lowest BCUT2D eigenvalue weighted by molar-refractivity contribution is 0.452. The van der Waals surface area contributed by atoms with Crippen molar-refractivity contribution < 1.29 is 0 Å². The fourth-order valence-corrected chi connectivity index (χ4v) is 2.09. The minimum Gasteiger partial charge on any atom is -0.784 e. The molecule has 1 N–H and O–H groups in total. The van der Waals surface area contributed by atoms with Crippen LogP contribution in [-0.4, -0.2) is 29.6 Å². The predicted octanol–water partition coefficient (Wildman–Crippen LogP) is 1.59. The van der Waals surface area contributed by atoms with Gasteiger partial charge < -0.3 is 15.6 Å². The molecule has 0 saturated carbocycles. The maximum atomic E-state index is 10.9. The van der Waals surface area contributed by atoms with Gasteiger partial charge in [-0.15, -0.1) is 0 Å². The number of hydroxylamine groups is 2. The monoisotopic (exact) mass is 203 g/mol. The maximum Gasteiger partial charge on any atom is 0.0367 e. The largest absolute Gasteiger partial charge is 0.784 e. The molecule has 1 saturated heterocycles. The Hall–Kier alpha value is 0.230. The molecule has 0 aromatic carbocycles. The molecule has 78 valence electrons. The zero-order chi connectivity index (χ0) is 9.68. The van der Waals surface area contributed by atoms with E-state index in [0.29, 0.717) is 24.5 Å². The summed E-state index contributed by atoms with van der Waals surface area (Å²) in [6, 6.07) is 0.358. The van der Waals surface area contributed by atoms with Gasteiger partial charge in [0.1, 0.15) is 0 Å². The van der Waals surface area contributed by atoms with Crippen molar-refractivity contribution in [2.45, 2.75) is 43.9 Å². The van der Waals surface area contributed by atoms with Crippen molar-refractivity contribution in [2.75, 3.05) is 13.2 Å². The fourth-order valence-electron chi connectivity index (χ4n) is 1.65. The van der Waals surface area contributed by atoms with Crippen LogP contribution in [0, 0.1) is 5.21 Å². The molecule has 0 aliphatic carbocycles. The van der Waals surface area contributed by atoms with Crippen LogP contribution in [0.2, 0.25) is 0 Å². The SMILES string of the molecule is CCCCC(S)CC1CN([O-])CN1. The van der Waals surface area contributed by atoms with E-state index in [1.165, 1.54) is 12.8 Å². The van der Waals surface area contributed by atoms with Crippen molar-refractivity contribution in [2.24, 2.45) is 0 Å². The first-order valence-electron chi connectivity index (χ1n) is 5.06. The van der Waals surface area contributed by atoms with Crippen molar-refractivity contribution in [3.8, 4) is 0 Å². The van der Waals surface area contributed by atoms with Crippen LogP contribution < -0.4 is 5.32 Å². The van der Waals surface area contributed by atoms with Gasteiger partial charge in [-0.1, -0.05) is 19.8 Å². The van der Waals surface area contributed by atoms with Crippen molar-refractivity contribution in [3.63, 3.8) is 0 Å². The van der Waals surface area contributed by atoms with Crippen LogP contribution in [0.1, 0.15) is 32.6 Å². The van der Waals surface area contributed by atoms with Gasteiger partial charge in [0.25, 0.3) is 0 Å². The standard InChI is InChI=1S/C9H19N2OS/c1-2-3-4-9(13)5-8-6-11(12)7-10-8/h8-10,13H,2-7H2,1H3/q-1. The van der Waals surface area contributed by atoms with Gasteiger partial charge in [0, 0.05) is 24.5 Å². The summed E-state index contributed by atoms with van der Waals surface area (Å²) in [6.07, 6.45) is 4.64. The lowest BCUT2D eigenvalue weighted by Crippen LogP contribution is -2.26. The van der Waals surface area contributed by atoms with Gasteiger partial charge in [-0.25, -0.2) is 0 Å². The topological polar surface area (TPSA) is 38.3 Å². The molecule has 1 rings (SSSR count). The van der Waals surface area contributed by atoms with Crippen molar-refractivity contribution >= 4 is 12.6 Å². The molecule has 0 amide bonds. The summed E-state index contributed by atoms with van der Waals surface area (Å²) in [7, 11) is 0. The van der Waals surface area contributed by atoms with Crippen LogP contribution in [0.3, 0.4) is 0 Å². The van der Waals surface area contributed by atoms with E-state index in [2.05, 4.69) is 24.9 Å². The number of thiol groups is 1. The molecule has 1 fully saturated rings. The molecule has 3 nitrogen and oxygen atoms in total. The van der Waals surface area contributed by atoms with Gasteiger partial charge >= 0.3 is 0 Å². The number of hydrogen-bond donors (Lipinski definition) is 2. The minimum absolute atomic E-state index is 0.358. The van der Waals surface area contributed by atoms with E-state index in [1.54, 1.807) is 0 Å². The number of hydrogen-bond acceptors (Lipinski definition) is 4. The third kappa shape index (κ3) is 4.31. The minimum atomic E-state index is 0.358. The molecule has 0 aromatic heterocycles. The number of nitrogens with zero attached hydrogens (tertiary/aromatic N) is 1. The van der Waals surface area contributed by atoms with Crippen LogP contribution in [-0.2, 0) is 0 Å². The Morgan fingerprint density at radius 1 is 1.69 bits per heavy atom. The van der Waals surface area contributed by atoms with E-state index in [0.717, 1.165) is 17.9 Å². The Kier molecular flexibility index (Phi) is 5.09. The first-order valence-corrected chi connectivity index (χ1v) is 5.57. The van der Waals surface area contributed by atoms with Crippen LogP contribution in [0.25, 0.3) is 0 Å². The zero-order valence-corrected chi connectivity index (χ0v) is 9.09. The van der Waals surface area contributed by atoms with E-state index in [4.69, 9.17) is 0 Å². The maximum absolute atomic E-state index is 10.9. The van der Waals surface area contributed by atoms with Gasteiger partial charge in [0.2, 0.25) is 0 Å². The van der Waals surface area contributed by atoms with E-state index in [9.17, 15) is 5.21 Å². The summed E-state index contributed by atoms with van der Waals surface area (Å²) < 4.78 is 0. The molecule has 0 aromatic rings. The zero-order valence-electron chi connectivity index (χ0n) is 8.20. The molecular weight excluding hydrogens is 184 g/mol. The number of rotatable bonds is 5. The molecule has 2 unspecified atom stereocenters. The quantitative estimate of drug-likeness (QED) is 0.667. The average molecular weight is 203 g/mol. The summed E-state index contributed by atoms with van der Waals surface area (Å²) in [5.41, 5.74) is 0. The summed E-state index contributed by atoms with van der Waals surface area (Å²) in [4.78, 5) is 0. The van der Waals surface area contributed by atoms with Crippen molar-refractivity contribution in [1.29, 1.82) is 0 Å². The Morgan fingerprint density at radius 3 is 3.00 bits per heavy atom. The molecule has 4 heteroatoms. The first-order chi connectivity index (χ1) is 6.22. The lowest BCUT2D eigenvalue weighted by atomic mass is 10.1. The molecule has 1 aliphatic heterocycles. The van der Waals surface area contributed by atoms with E-state index >= 15 is 0 Å². The third-order valence-corrected chi connectivity index (χ3v) is 2.90. The predicted molar refractivity (Wildman–Crippen MR) is 58.8 cm³/mol. The van der Waals surface area contributed by atoms with Gasteiger partial charge in [-0.3, -0.25) is 0 Å². The van der Waals surface area contributed by atoms with Gasteiger partial charge in [0.05, 0.1) is 0 Å². The Labute approximate surface area is 85.9 Å². The van der Waals surface area contributed by atoms with Gasteiger partial charge in [-0.2, -0.15) is 12.6 Å². The molecule has 0 spiro atoms. The molecule has 13 heavy (non-hydrogen) atoms. The highest BCUT2D eigenvalue weighted by Crippen LogP contribution is 2.15. The van der Waals surface area contributed by atoms with Crippen molar-refractivity contribution in [3.05, 3.63) is 5.21 Å². The normalized spacial score (nSPS) is 26.5. The second kappa shape index (κ2) is 5.86. The molecule has 0 radical (unpaired) electrons. The highest BCUT2D eigenvalue weighted by Gasteiger charge is 2.18. The van der Waals surface area contributed by atoms with Crippen LogP contribution in [0.4, 0.5) is 0 Å². The van der Waals surface area contributed by atoms with E-state index < -0.39 is 0 Å². The van der Waals surface area contributed by atoms with E-state index in [-0.39, 0.29) is 0 Å². The Bertz CT molecular complexity index is 146. The number of unbranched alkanes of at least 4 members (excludes halogenated alkanes) is 1. The van der Waals surface area contributed by atoms with Crippen molar-refractivity contribution in [1.82, 2.24) is 10.4 Å². The summed E-state index contributed by atoms with van der Waals surface area (Å²) in [6.45, 7) is 3.30.